The molecule has 0 spiro atoms. The van der Waals surface area contributed by atoms with Crippen molar-refractivity contribution in [3.63, 3.8) is 0 Å². The predicted octanol–water partition coefficient (Wildman–Crippen LogP) is 4.30. The SMILES string of the molecule is CC1Cc2ccccc2N1C(=O)CCc1nnc(-c2ccc(Cl)cc2)o1. The molecule has 132 valence electrons. The number of amides is 1. The lowest BCUT2D eigenvalue weighted by Crippen LogP contribution is -2.35. The van der Waals surface area contributed by atoms with Gasteiger partial charge in [0.25, 0.3) is 0 Å². The molecule has 2 heterocycles. The highest BCUT2D eigenvalue weighted by Gasteiger charge is 2.30. The van der Waals surface area contributed by atoms with E-state index in [9.17, 15) is 4.79 Å². The van der Waals surface area contributed by atoms with Gasteiger partial charge in [-0.1, -0.05) is 29.8 Å². The van der Waals surface area contributed by atoms with Crippen molar-refractivity contribution in [3.8, 4) is 11.5 Å². The molecule has 4 rings (SSSR count). The van der Waals surface area contributed by atoms with Crippen LogP contribution in [-0.2, 0) is 17.6 Å². The van der Waals surface area contributed by atoms with Crippen molar-refractivity contribution >= 4 is 23.2 Å². The lowest BCUT2D eigenvalue weighted by atomic mass is 10.1. The van der Waals surface area contributed by atoms with Gasteiger partial charge in [0.2, 0.25) is 17.7 Å². The van der Waals surface area contributed by atoms with Crippen LogP contribution in [0.5, 0.6) is 0 Å². The molecule has 2 aromatic carbocycles. The Morgan fingerprint density at radius 1 is 1.19 bits per heavy atom. The van der Waals surface area contributed by atoms with Gasteiger partial charge in [0, 0.05) is 35.2 Å². The Hall–Kier alpha value is -2.66. The second kappa shape index (κ2) is 6.92. The quantitative estimate of drug-likeness (QED) is 0.689. The van der Waals surface area contributed by atoms with Gasteiger partial charge in [-0.05, 0) is 49.2 Å². The molecule has 1 aromatic heterocycles. The zero-order valence-electron chi connectivity index (χ0n) is 14.4. The van der Waals surface area contributed by atoms with Crippen molar-refractivity contribution in [2.75, 3.05) is 4.90 Å². The number of hydrogen-bond donors (Lipinski definition) is 0. The Labute approximate surface area is 156 Å². The van der Waals surface area contributed by atoms with Crippen LogP contribution < -0.4 is 4.90 Å². The molecule has 0 saturated carbocycles. The summed E-state index contributed by atoms with van der Waals surface area (Å²) in [5, 5.41) is 8.77. The van der Waals surface area contributed by atoms with Gasteiger partial charge in [-0.3, -0.25) is 4.79 Å². The van der Waals surface area contributed by atoms with E-state index in [-0.39, 0.29) is 11.9 Å². The van der Waals surface area contributed by atoms with Crippen LogP contribution >= 0.6 is 11.6 Å². The summed E-state index contributed by atoms with van der Waals surface area (Å²) in [6.07, 6.45) is 1.65. The number of carbonyl (C=O) groups excluding carboxylic acids is 1. The third-order valence-corrected chi connectivity index (χ3v) is 4.84. The zero-order valence-corrected chi connectivity index (χ0v) is 15.1. The van der Waals surface area contributed by atoms with E-state index < -0.39 is 0 Å². The van der Waals surface area contributed by atoms with Crippen molar-refractivity contribution < 1.29 is 9.21 Å². The summed E-state index contributed by atoms with van der Waals surface area (Å²) in [5.74, 6) is 0.973. The minimum Gasteiger partial charge on any atom is -0.421 e. The summed E-state index contributed by atoms with van der Waals surface area (Å²) in [5.41, 5.74) is 3.04. The van der Waals surface area contributed by atoms with Crippen LogP contribution in [0.2, 0.25) is 5.02 Å². The highest BCUT2D eigenvalue weighted by molar-refractivity contribution is 6.30. The van der Waals surface area contributed by atoms with Crippen LogP contribution in [0.3, 0.4) is 0 Å². The lowest BCUT2D eigenvalue weighted by Gasteiger charge is -2.22. The van der Waals surface area contributed by atoms with Gasteiger partial charge in [0.1, 0.15) is 0 Å². The molecule has 0 fully saturated rings. The van der Waals surface area contributed by atoms with Crippen LogP contribution in [0.25, 0.3) is 11.5 Å². The van der Waals surface area contributed by atoms with Crippen molar-refractivity contribution in [2.45, 2.75) is 32.2 Å². The summed E-state index contributed by atoms with van der Waals surface area (Å²) in [7, 11) is 0. The summed E-state index contributed by atoms with van der Waals surface area (Å²) < 4.78 is 5.68. The monoisotopic (exact) mass is 367 g/mol. The fourth-order valence-corrected chi connectivity index (χ4v) is 3.47. The molecule has 0 aliphatic carbocycles. The second-order valence-corrected chi connectivity index (χ2v) is 6.89. The lowest BCUT2D eigenvalue weighted by molar-refractivity contribution is -0.118. The molecule has 0 radical (unpaired) electrons. The van der Waals surface area contributed by atoms with Gasteiger partial charge in [0.05, 0.1) is 0 Å². The van der Waals surface area contributed by atoms with E-state index in [1.165, 1.54) is 5.56 Å². The number of hydrogen-bond acceptors (Lipinski definition) is 4. The molecule has 1 amide bonds. The average Bonchev–Trinajstić information content (AvgIpc) is 3.24. The van der Waals surface area contributed by atoms with E-state index in [0.29, 0.717) is 29.6 Å². The van der Waals surface area contributed by atoms with Gasteiger partial charge < -0.3 is 9.32 Å². The van der Waals surface area contributed by atoms with Gasteiger partial charge in [-0.15, -0.1) is 10.2 Å². The molecule has 6 heteroatoms. The number of anilines is 1. The first kappa shape index (κ1) is 16.8. The summed E-state index contributed by atoms with van der Waals surface area (Å²) in [6, 6.07) is 15.4. The molecule has 3 aromatic rings. The summed E-state index contributed by atoms with van der Waals surface area (Å²) in [4.78, 5) is 14.6. The van der Waals surface area contributed by atoms with Crippen LogP contribution in [0.15, 0.2) is 52.9 Å². The smallest absolute Gasteiger partial charge is 0.247 e. The molecule has 0 N–H and O–H groups in total. The standard InChI is InChI=1S/C20H18ClN3O2/c1-13-12-15-4-2-3-5-17(15)24(13)19(25)11-10-18-22-23-20(26-18)14-6-8-16(21)9-7-14/h2-9,13H,10-12H2,1H3. The Morgan fingerprint density at radius 3 is 2.77 bits per heavy atom. The highest BCUT2D eigenvalue weighted by atomic mass is 35.5. The number of aromatic nitrogens is 2. The normalized spacial score (nSPS) is 15.9. The molecule has 0 bridgehead atoms. The van der Waals surface area contributed by atoms with Crippen molar-refractivity contribution in [1.82, 2.24) is 10.2 Å². The van der Waals surface area contributed by atoms with Crippen LogP contribution in [0.4, 0.5) is 5.69 Å². The van der Waals surface area contributed by atoms with Crippen LogP contribution in [-0.4, -0.2) is 22.1 Å². The first-order valence-electron chi connectivity index (χ1n) is 8.60. The Kier molecular flexibility index (Phi) is 4.47. The molecule has 1 unspecified atom stereocenters. The van der Waals surface area contributed by atoms with Crippen molar-refractivity contribution in [2.24, 2.45) is 0 Å². The molecule has 26 heavy (non-hydrogen) atoms. The van der Waals surface area contributed by atoms with Crippen LogP contribution in [0.1, 0.15) is 24.8 Å². The van der Waals surface area contributed by atoms with Gasteiger partial charge >= 0.3 is 0 Å². The number of fused-ring (bicyclic) bond motifs is 1. The molecular weight excluding hydrogens is 350 g/mol. The number of aryl methyl sites for hydroxylation is 1. The Morgan fingerprint density at radius 2 is 1.96 bits per heavy atom. The molecule has 1 atom stereocenters. The third-order valence-electron chi connectivity index (χ3n) is 4.59. The van der Waals surface area contributed by atoms with E-state index >= 15 is 0 Å². The van der Waals surface area contributed by atoms with Gasteiger partial charge in [0.15, 0.2) is 0 Å². The number of carbonyl (C=O) groups is 1. The summed E-state index contributed by atoms with van der Waals surface area (Å²) in [6.45, 7) is 2.07. The molecule has 5 nitrogen and oxygen atoms in total. The highest BCUT2D eigenvalue weighted by Crippen LogP contribution is 2.32. The third kappa shape index (κ3) is 3.22. The van der Waals surface area contributed by atoms with E-state index in [1.54, 1.807) is 12.1 Å². The van der Waals surface area contributed by atoms with Crippen LogP contribution in [0, 0.1) is 0 Å². The molecule has 1 aliphatic heterocycles. The minimum atomic E-state index is 0.0775. The van der Waals surface area contributed by atoms with E-state index in [2.05, 4.69) is 23.2 Å². The first-order valence-corrected chi connectivity index (χ1v) is 8.98. The summed E-state index contributed by atoms with van der Waals surface area (Å²) >= 11 is 5.89. The van der Waals surface area contributed by atoms with E-state index in [4.69, 9.17) is 16.0 Å². The maximum Gasteiger partial charge on any atom is 0.247 e. The number of para-hydroxylation sites is 1. The molecule has 1 aliphatic rings. The minimum absolute atomic E-state index is 0.0775. The average molecular weight is 368 g/mol. The Bertz CT molecular complexity index is 936. The van der Waals surface area contributed by atoms with E-state index in [0.717, 1.165) is 17.7 Å². The first-order chi connectivity index (χ1) is 12.6. The Balaban J connectivity index is 1.43. The number of rotatable bonds is 4. The predicted molar refractivity (Wildman–Crippen MR) is 100 cm³/mol. The number of benzene rings is 2. The number of halogens is 1. The number of nitrogens with zero attached hydrogens (tertiary/aromatic N) is 3. The topological polar surface area (TPSA) is 59.2 Å². The van der Waals surface area contributed by atoms with Crippen molar-refractivity contribution in [1.29, 1.82) is 0 Å². The fourth-order valence-electron chi connectivity index (χ4n) is 3.34. The zero-order chi connectivity index (χ0) is 18.1. The molecule has 0 saturated heterocycles. The van der Waals surface area contributed by atoms with E-state index in [1.807, 2.05) is 35.2 Å². The largest absolute Gasteiger partial charge is 0.421 e. The van der Waals surface area contributed by atoms with Gasteiger partial charge in [-0.2, -0.15) is 0 Å². The molecular formula is C20H18ClN3O2. The fraction of sp³-hybridized carbons (Fsp3) is 0.250. The van der Waals surface area contributed by atoms with Crippen molar-refractivity contribution in [3.05, 3.63) is 65.0 Å². The maximum atomic E-state index is 12.7. The maximum absolute atomic E-state index is 12.7. The second-order valence-electron chi connectivity index (χ2n) is 6.45. The van der Waals surface area contributed by atoms with Gasteiger partial charge in [-0.25, -0.2) is 0 Å².